The van der Waals surface area contributed by atoms with Gasteiger partial charge in [0, 0.05) is 24.3 Å². The van der Waals surface area contributed by atoms with Gasteiger partial charge in [0.15, 0.2) is 0 Å². The molecule has 2 aromatic carbocycles. The van der Waals surface area contributed by atoms with Gasteiger partial charge in [-0.15, -0.1) is 0 Å². The second-order valence-electron chi connectivity index (χ2n) is 6.70. The molecule has 1 heterocycles. The highest BCUT2D eigenvalue weighted by atomic mass is 32.3. The summed E-state index contributed by atoms with van der Waals surface area (Å²) in [6.07, 6.45) is 0. The number of rotatable bonds is 4. The molecule has 156 valence electrons. The summed E-state index contributed by atoms with van der Waals surface area (Å²) in [6.45, 7) is 0.394. The second kappa shape index (κ2) is 8.81. The summed E-state index contributed by atoms with van der Waals surface area (Å²) < 4.78 is 38.8. The van der Waals surface area contributed by atoms with E-state index in [0.717, 1.165) is 6.07 Å². The minimum atomic E-state index is -2.64. The van der Waals surface area contributed by atoms with Gasteiger partial charge < -0.3 is 9.64 Å². The van der Waals surface area contributed by atoms with Crippen molar-refractivity contribution >= 4 is 28.3 Å². The Labute approximate surface area is 170 Å². The number of nitrogens with zero attached hydrogens (tertiary/aromatic N) is 2. The molecule has 0 radical (unpaired) electrons. The number of ether oxygens (including phenoxy) is 1. The van der Waals surface area contributed by atoms with Crippen molar-refractivity contribution < 1.29 is 27.8 Å². The molecule has 1 saturated heterocycles. The third-order valence-corrected chi connectivity index (χ3v) is 6.42. The Kier molecular flexibility index (Phi) is 6.41. The van der Waals surface area contributed by atoms with Crippen LogP contribution in [0.25, 0.3) is 0 Å². The van der Waals surface area contributed by atoms with Gasteiger partial charge in [-0.2, -0.15) is 10.6 Å². The van der Waals surface area contributed by atoms with E-state index in [9.17, 15) is 23.1 Å². The van der Waals surface area contributed by atoms with Gasteiger partial charge in [0.05, 0.1) is 30.7 Å². The molecule has 3 rings (SSSR count). The first kappa shape index (κ1) is 21.1. The molecule has 0 bridgehead atoms. The fourth-order valence-corrected chi connectivity index (χ4v) is 4.29. The highest BCUT2D eigenvalue weighted by Crippen LogP contribution is 2.40. The van der Waals surface area contributed by atoms with Crippen molar-refractivity contribution in [2.75, 3.05) is 36.6 Å². The molecule has 1 aliphatic rings. The van der Waals surface area contributed by atoms with E-state index in [2.05, 4.69) is 4.74 Å². The average Bonchev–Trinajstić information content (AvgIpc) is 2.72. The zero-order valence-corrected chi connectivity index (χ0v) is 16.8. The van der Waals surface area contributed by atoms with Crippen molar-refractivity contribution in [2.24, 2.45) is 0 Å². The van der Waals surface area contributed by atoms with Crippen LogP contribution in [0, 0.1) is 5.82 Å². The van der Waals surface area contributed by atoms with Crippen molar-refractivity contribution in [2.45, 2.75) is 6.54 Å². The quantitative estimate of drug-likeness (QED) is 0.732. The van der Waals surface area contributed by atoms with E-state index in [0.29, 0.717) is 5.69 Å². The Morgan fingerprint density at radius 1 is 1.14 bits per heavy atom. The summed E-state index contributed by atoms with van der Waals surface area (Å²) in [7, 11) is -1.42. The number of carbonyl (C=O) groups is 2. The van der Waals surface area contributed by atoms with Gasteiger partial charge in [-0.05, 0) is 24.3 Å². The number of hydrogen-bond acceptors (Lipinski definition) is 5. The number of methoxy groups -OCH3 is 1. The van der Waals surface area contributed by atoms with Gasteiger partial charge in [-0.3, -0.25) is 14.0 Å². The number of para-hydroxylation sites is 1. The van der Waals surface area contributed by atoms with Crippen LogP contribution in [0.4, 0.5) is 14.9 Å². The topological polar surface area (TPSA) is 90.3 Å². The zero-order chi connectivity index (χ0) is 21.0. The maximum Gasteiger partial charge on any atom is 0.337 e. The third-order valence-electron chi connectivity index (χ3n) is 4.75. The number of esters is 1. The average molecular weight is 422 g/mol. The Hall–Kier alpha value is -2.62. The van der Waals surface area contributed by atoms with Crippen molar-refractivity contribution in [3.05, 3.63) is 65.5 Å². The van der Waals surface area contributed by atoms with E-state index in [4.69, 9.17) is 0 Å². The van der Waals surface area contributed by atoms with Crippen molar-refractivity contribution in [3.63, 3.8) is 0 Å². The normalized spacial score (nSPS) is 16.8. The highest BCUT2D eigenvalue weighted by Gasteiger charge is 2.29. The van der Waals surface area contributed by atoms with Crippen LogP contribution in [0.2, 0.25) is 0 Å². The molecule has 0 aliphatic carbocycles. The molecule has 0 spiro atoms. The Morgan fingerprint density at radius 2 is 1.79 bits per heavy atom. The molecule has 0 unspecified atom stereocenters. The number of halogens is 1. The van der Waals surface area contributed by atoms with Gasteiger partial charge >= 0.3 is 12.0 Å². The van der Waals surface area contributed by atoms with E-state index in [1.54, 1.807) is 24.3 Å². The van der Waals surface area contributed by atoms with Crippen molar-refractivity contribution in [1.29, 1.82) is 0 Å². The SMILES string of the molecule is COC(=O)c1ccc(CN(C(=O)N2CCS(O)(O)CC2)c2ccccc2)c(F)c1. The van der Waals surface area contributed by atoms with Crippen LogP contribution in [0.1, 0.15) is 15.9 Å². The minimum Gasteiger partial charge on any atom is -0.465 e. The fourth-order valence-electron chi connectivity index (χ4n) is 3.06. The molecule has 1 fully saturated rings. The molecule has 0 saturated carbocycles. The molecular weight excluding hydrogens is 399 g/mol. The van der Waals surface area contributed by atoms with Crippen LogP contribution < -0.4 is 4.90 Å². The van der Waals surface area contributed by atoms with Gasteiger partial charge in [0.25, 0.3) is 0 Å². The summed E-state index contributed by atoms with van der Waals surface area (Å²) in [6, 6.07) is 12.5. The summed E-state index contributed by atoms with van der Waals surface area (Å²) in [4.78, 5) is 27.7. The van der Waals surface area contributed by atoms with Gasteiger partial charge in [-0.25, -0.2) is 14.0 Å². The van der Waals surface area contributed by atoms with Crippen LogP contribution in [0.15, 0.2) is 48.5 Å². The zero-order valence-electron chi connectivity index (χ0n) is 16.0. The Bertz CT molecular complexity index is 884. The van der Waals surface area contributed by atoms with E-state index in [1.165, 1.54) is 29.0 Å². The predicted molar refractivity (Wildman–Crippen MR) is 110 cm³/mol. The largest absolute Gasteiger partial charge is 0.465 e. The van der Waals surface area contributed by atoms with E-state index in [1.807, 2.05) is 6.07 Å². The summed E-state index contributed by atoms with van der Waals surface area (Å²) >= 11 is 0. The summed E-state index contributed by atoms with van der Waals surface area (Å²) in [5.41, 5.74) is 0.926. The van der Waals surface area contributed by atoms with Crippen LogP contribution in [-0.2, 0) is 11.3 Å². The fraction of sp³-hybridized carbons (Fsp3) is 0.300. The van der Waals surface area contributed by atoms with Crippen molar-refractivity contribution in [3.8, 4) is 0 Å². The van der Waals surface area contributed by atoms with Crippen molar-refractivity contribution in [1.82, 2.24) is 4.90 Å². The maximum atomic E-state index is 14.6. The molecule has 29 heavy (non-hydrogen) atoms. The number of urea groups is 1. The lowest BCUT2D eigenvalue weighted by Gasteiger charge is -2.42. The molecular formula is C20H23FN2O5S. The minimum absolute atomic E-state index is 0.0388. The lowest BCUT2D eigenvalue weighted by molar-refractivity contribution is 0.0600. The second-order valence-corrected chi connectivity index (χ2v) is 9.12. The van der Waals surface area contributed by atoms with E-state index >= 15 is 0 Å². The smallest absolute Gasteiger partial charge is 0.337 e. The lowest BCUT2D eigenvalue weighted by Crippen LogP contribution is -2.48. The van der Waals surface area contributed by atoms with E-state index in [-0.39, 0.29) is 48.3 Å². The van der Waals surface area contributed by atoms with Crippen LogP contribution in [0.3, 0.4) is 0 Å². The lowest BCUT2D eigenvalue weighted by atomic mass is 10.1. The molecule has 1 aliphatic heterocycles. The van der Waals surface area contributed by atoms with Crippen LogP contribution in [-0.4, -0.2) is 57.7 Å². The highest BCUT2D eigenvalue weighted by molar-refractivity contribution is 8.24. The van der Waals surface area contributed by atoms with Gasteiger partial charge in [0.1, 0.15) is 5.82 Å². The number of hydrogen-bond donors (Lipinski definition) is 2. The first-order valence-electron chi connectivity index (χ1n) is 9.02. The standard InChI is InChI=1S/C20H23FN2O5S/c1-28-19(24)15-7-8-16(18(21)13-15)14-23(17-5-3-2-4-6-17)20(25)22-9-11-29(26,27)12-10-22/h2-8,13,26-27H,9-12,14H2,1H3. The van der Waals surface area contributed by atoms with Crippen LogP contribution >= 0.6 is 10.6 Å². The summed E-state index contributed by atoms with van der Waals surface area (Å²) in [5, 5.41) is 0. The molecule has 2 N–H and O–H groups in total. The number of carbonyl (C=O) groups excluding carboxylic acids is 2. The molecule has 7 nitrogen and oxygen atoms in total. The summed E-state index contributed by atoms with van der Waals surface area (Å²) in [5.74, 6) is -0.999. The Balaban J connectivity index is 1.85. The van der Waals surface area contributed by atoms with Gasteiger partial charge in [0.2, 0.25) is 0 Å². The molecule has 9 heteroatoms. The van der Waals surface area contributed by atoms with E-state index < -0.39 is 22.4 Å². The van der Waals surface area contributed by atoms with Crippen LogP contribution in [0.5, 0.6) is 0 Å². The number of anilines is 1. The third kappa shape index (κ3) is 5.06. The monoisotopic (exact) mass is 422 g/mol. The van der Waals surface area contributed by atoms with Gasteiger partial charge in [-0.1, -0.05) is 24.3 Å². The number of benzene rings is 2. The first-order chi connectivity index (χ1) is 13.8. The molecule has 2 amide bonds. The Morgan fingerprint density at radius 3 is 2.38 bits per heavy atom. The molecule has 2 aromatic rings. The maximum absolute atomic E-state index is 14.6. The molecule has 0 atom stereocenters. The number of amides is 2. The molecule has 0 aromatic heterocycles. The first-order valence-corrected chi connectivity index (χ1v) is 10.9. The predicted octanol–water partition coefficient (Wildman–Crippen LogP) is 3.81.